The molecular formula is C55H88N10O11. The summed E-state index contributed by atoms with van der Waals surface area (Å²) in [6, 6.07) is 3.66. The third-order valence-corrected chi connectivity index (χ3v) is 15.5. The number of benzene rings is 1. The van der Waals surface area contributed by atoms with Crippen molar-refractivity contribution in [2.75, 3.05) is 67.6 Å². The molecule has 6 N–H and O–H groups in total. The first-order chi connectivity index (χ1) is 36.1. The number of fused-ring (bicyclic) bond motifs is 1. The highest BCUT2D eigenvalue weighted by atomic mass is 16.7. The largest absolute Gasteiger partial charge is 0.379 e. The topological polar surface area (TPSA) is 248 Å². The Kier molecular flexibility index (Phi) is 23.3. The molecule has 4 heterocycles. The number of aliphatic hydroxyl groups is 1. The second-order valence-electron chi connectivity index (χ2n) is 21.7. The van der Waals surface area contributed by atoms with Gasteiger partial charge in [0.1, 0.15) is 12.3 Å². The van der Waals surface area contributed by atoms with Crippen LogP contribution in [0.4, 0.5) is 4.79 Å². The van der Waals surface area contributed by atoms with E-state index in [2.05, 4.69) is 26.3 Å². The highest BCUT2D eigenvalue weighted by Gasteiger charge is 2.44. The molecular weight excluding hydrogens is 977 g/mol. The second kappa shape index (κ2) is 28.8. The van der Waals surface area contributed by atoms with Crippen molar-refractivity contribution in [3.8, 4) is 0 Å². The summed E-state index contributed by atoms with van der Waals surface area (Å²) in [6.07, 6.45) is 5.72. The van der Waals surface area contributed by atoms with Crippen LogP contribution < -0.4 is 21.3 Å². The second-order valence-corrected chi connectivity index (χ2v) is 21.7. The van der Waals surface area contributed by atoms with E-state index in [1.165, 1.54) is 19.3 Å². The highest BCUT2D eigenvalue weighted by molar-refractivity contribution is 6.12. The number of ether oxygens (including phenoxy) is 2. The van der Waals surface area contributed by atoms with Crippen LogP contribution in [0.1, 0.15) is 99.5 Å². The van der Waals surface area contributed by atoms with Gasteiger partial charge in [0.05, 0.1) is 55.3 Å². The van der Waals surface area contributed by atoms with E-state index in [1.807, 2.05) is 76.9 Å². The standard InChI is InChI=1S/C55H88N10O11/c1-13-35(6)49(62(10)54(72)47(33(2)3)60-52(70)48(34(4)5)61(9)32-36(7)58-55(73)56-24-27-64-44(66)22-23-45(64)67)43(74-11)30-46(68)63-25-18-21-42(63)50(75-12)37(8)51(69)59-41(53(71)65-26-16-17-28-76-65)29-38-31-57-40-20-15-14-19-39(38)40/h14-15,19-20,22-23,31,33-37,41-43,47-50,53,57,71H,13,16-18,21,24-30,32H2,1-12H3,(H,59,69)(H,60,70)(H2,56,58,73)/t35-,36-,37+,41-,42-,43+,47-,48-,49-,50+,53?/m0/s1. The molecule has 2 aromatic rings. The van der Waals surface area contributed by atoms with E-state index < -0.39 is 78.5 Å². The van der Waals surface area contributed by atoms with Crippen molar-refractivity contribution in [1.82, 2.24) is 50.9 Å². The van der Waals surface area contributed by atoms with Crippen LogP contribution in [0.5, 0.6) is 0 Å². The number of nitrogens with one attached hydrogen (secondary N) is 5. The summed E-state index contributed by atoms with van der Waals surface area (Å²) in [5.74, 6) is -3.40. The van der Waals surface area contributed by atoms with Crippen LogP contribution in [0.3, 0.4) is 0 Å². The van der Waals surface area contributed by atoms with Crippen molar-refractivity contribution in [2.45, 2.75) is 155 Å². The quantitative estimate of drug-likeness (QED) is 0.0672. The van der Waals surface area contributed by atoms with Crippen LogP contribution >= 0.6 is 0 Å². The van der Waals surface area contributed by atoms with Crippen molar-refractivity contribution < 1.29 is 53.0 Å². The molecule has 3 aliphatic heterocycles. The Morgan fingerprint density at radius 2 is 1.58 bits per heavy atom. The number of rotatable bonds is 28. The van der Waals surface area contributed by atoms with Crippen molar-refractivity contribution >= 4 is 52.4 Å². The first-order valence-corrected chi connectivity index (χ1v) is 27.3. The minimum absolute atomic E-state index is 0.0333. The fourth-order valence-corrected chi connectivity index (χ4v) is 11.2. The third kappa shape index (κ3) is 15.6. The predicted molar refractivity (Wildman–Crippen MR) is 288 cm³/mol. The van der Waals surface area contributed by atoms with E-state index in [0.717, 1.165) is 34.2 Å². The number of methoxy groups -OCH3 is 2. The number of hydrogen-bond acceptors (Lipinski definition) is 13. The number of likely N-dealkylation sites (N-methyl/N-ethyl adjacent to an activating group) is 2. The zero-order chi connectivity index (χ0) is 56.0. The lowest BCUT2D eigenvalue weighted by molar-refractivity contribution is -0.261. The van der Waals surface area contributed by atoms with Gasteiger partial charge < -0.3 is 50.6 Å². The van der Waals surface area contributed by atoms with Gasteiger partial charge in [-0.2, -0.15) is 5.06 Å². The number of amides is 8. The first kappa shape index (κ1) is 61.4. The molecule has 0 saturated carbocycles. The minimum Gasteiger partial charge on any atom is -0.379 e. The molecule has 3 aliphatic rings. The van der Waals surface area contributed by atoms with Crippen LogP contribution in [-0.4, -0.2) is 199 Å². The van der Waals surface area contributed by atoms with Crippen LogP contribution in [0.15, 0.2) is 42.6 Å². The smallest absolute Gasteiger partial charge is 0.315 e. The maximum Gasteiger partial charge on any atom is 0.315 e. The number of imide groups is 1. The van der Waals surface area contributed by atoms with Crippen molar-refractivity contribution in [1.29, 1.82) is 0 Å². The van der Waals surface area contributed by atoms with Gasteiger partial charge in [-0.05, 0) is 75.5 Å². The number of para-hydroxylation sites is 1. The lowest BCUT2D eigenvalue weighted by Gasteiger charge is -2.41. The fraction of sp³-hybridized carbons (Fsp3) is 0.691. The Balaban J connectivity index is 1.23. The number of aromatic amines is 1. The summed E-state index contributed by atoms with van der Waals surface area (Å²) >= 11 is 0. The molecule has 424 valence electrons. The molecule has 5 rings (SSSR count). The number of hydroxylamine groups is 2. The van der Waals surface area contributed by atoms with Gasteiger partial charge in [0.25, 0.3) is 11.8 Å². The van der Waals surface area contributed by atoms with Gasteiger partial charge in [-0.15, -0.1) is 0 Å². The molecule has 8 amide bonds. The molecule has 2 saturated heterocycles. The highest BCUT2D eigenvalue weighted by Crippen LogP contribution is 2.31. The Hall–Kier alpha value is -5.45. The number of carbonyl (C=O) groups is 7. The van der Waals surface area contributed by atoms with E-state index in [4.69, 9.17) is 14.3 Å². The molecule has 1 aromatic heterocycles. The summed E-state index contributed by atoms with van der Waals surface area (Å²) in [7, 11) is 6.56. The molecule has 1 aromatic carbocycles. The Morgan fingerprint density at radius 3 is 2.20 bits per heavy atom. The van der Waals surface area contributed by atoms with E-state index >= 15 is 0 Å². The molecule has 0 spiro atoms. The molecule has 1 unspecified atom stereocenters. The van der Waals surface area contributed by atoms with E-state index in [9.17, 15) is 38.7 Å². The van der Waals surface area contributed by atoms with Crippen LogP contribution in [0.2, 0.25) is 0 Å². The lowest BCUT2D eigenvalue weighted by Crippen LogP contribution is -2.60. The van der Waals surface area contributed by atoms with Crippen LogP contribution in [0.25, 0.3) is 10.9 Å². The molecule has 0 radical (unpaired) electrons. The zero-order valence-corrected chi connectivity index (χ0v) is 47.0. The van der Waals surface area contributed by atoms with Gasteiger partial charge in [0.15, 0.2) is 0 Å². The molecule has 21 nitrogen and oxygen atoms in total. The molecule has 0 bridgehead atoms. The van der Waals surface area contributed by atoms with Crippen molar-refractivity contribution in [3.05, 3.63) is 48.2 Å². The van der Waals surface area contributed by atoms with E-state index in [1.54, 1.807) is 49.9 Å². The summed E-state index contributed by atoms with van der Waals surface area (Å²) in [4.78, 5) is 110. The number of carbonyl (C=O) groups excluding carboxylic acids is 7. The Bertz CT molecular complexity index is 2290. The molecule has 0 aliphatic carbocycles. The molecule has 2 fully saturated rings. The number of hydrogen-bond donors (Lipinski definition) is 6. The number of aromatic nitrogens is 1. The van der Waals surface area contributed by atoms with Gasteiger partial charge in [-0.3, -0.25) is 43.4 Å². The fourth-order valence-electron chi connectivity index (χ4n) is 11.2. The summed E-state index contributed by atoms with van der Waals surface area (Å²) in [5, 5.41) is 26.0. The summed E-state index contributed by atoms with van der Waals surface area (Å²) < 4.78 is 12.2. The maximum absolute atomic E-state index is 14.8. The number of aliphatic hydroxyl groups excluding tert-OH is 1. The van der Waals surface area contributed by atoms with Crippen molar-refractivity contribution in [2.24, 2.45) is 23.7 Å². The van der Waals surface area contributed by atoms with Gasteiger partial charge in [0.2, 0.25) is 23.6 Å². The van der Waals surface area contributed by atoms with E-state index in [0.29, 0.717) is 45.4 Å². The van der Waals surface area contributed by atoms with Gasteiger partial charge in [-0.1, -0.05) is 73.1 Å². The lowest BCUT2D eigenvalue weighted by atomic mass is 9.89. The average molecular weight is 1070 g/mol. The van der Waals surface area contributed by atoms with Gasteiger partial charge in [0, 0.05) is 89.3 Å². The Labute approximate surface area is 449 Å². The number of likely N-dealkylation sites (tertiary alicyclic amines) is 1. The molecule has 11 atom stereocenters. The average Bonchev–Trinajstić information content (AvgIpc) is 4.13. The maximum atomic E-state index is 14.8. The monoisotopic (exact) mass is 1060 g/mol. The number of H-pyrrole nitrogens is 1. The Morgan fingerprint density at radius 1 is 0.882 bits per heavy atom. The molecule has 21 heteroatoms. The normalized spacial score (nSPS) is 20.3. The van der Waals surface area contributed by atoms with Gasteiger partial charge in [-0.25, -0.2) is 4.79 Å². The molecule has 76 heavy (non-hydrogen) atoms. The van der Waals surface area contributed by atoms with E-state index in [-0.39, 0.29) is 67.4 Å². The summed E-state index contributed by atoms with van der Waals surface area (Å²) in [6.45, 7) is 17.0. The summed E-state index contributed by atoms with van der Waals surface area (Å²) in [5.41, 5.74) is 1.89. The van der Waals surface area contributed by atoms with Gasteiger partial charge >= 0.3 is 6.03 Å². The minimum atomic E-state index is -1.12. The van der Waals surface area contributed by atoms with Crippen molar-refractivity contribution in [3.63, 3.8) is 0 Å². The van der Waals surface area contributed by atoms with Crippen LogP contribution in [-0.2, 0) is 49.5 Å². The first-order valence-electron chi connectivity index (χ1n) is 27.3. The predicted octanol–water partition coefficient (Wildman–Crippen LogP) is 3.17. The third-order valence-electron chi connectivity index (χ3n) is 15.5. The van der Waals surface area contributed by atoms with Crippen LogP contribution in [0, 0.1) is 23.7 Å². The SMILES string of the molecule is CC[C@H](C)[C@@H]([C@@H](CC(=O)N1CCC[C@H]1[C@H](OC)[C@@H](C)C(=O)N[C@@H](Cc1c[nH]c2ccccc12)C(O)N1CCCCO1)OC)N(C)C(=O)[C@@H](NC(=O)[C@H](C(C)C)N(C)C[C@H](C)NC(=O)NCCN1C(=O)C=CC1=O)C(C)C. The number of nitrogens with zero attached hydrogens (tertiary/aromatic N) is 5. The zero-order valence-electron chi connectivity index (χ0n) is 47.0. The number of urea groups is 1.